The number of carboxylic acids is 1. The van der Waals surface area contributed by atoms with Crippen molar-refractivity contribution in [3.63, 3.8) is 0 Å². The van der Waals surface area contributed by atoms with Gasteiger partial charge in [-0.3, -0.25) is 19.3 Å². The van der Waals surface area contributed by atoms with Gasteiger partial charge < -0.3 is 10.4 Å². The molecule has 2 N–H and O–H groups in total. The van der Waals surface area contributed by atoms with E-state index in [1.165, 1.54) is 36.4 Å². The Morgan fingerprint density at radius 2 is 1.97 bits per heavy atom. The van der Waals surface area contributed by atoms with E-state index in [1.807, 2.05) is 0 Å². The number of thioether (sulfide) groups is 1. The van der Waals surface area contributed by atoms with E-state index in [1.54, 1.807) is 19.1 Å². The summed E-state index contributed by atoms with van der Waals surface area (Å²) in [6.45, 7) is 1.16. The number of carbonyl (C=O) groups excluding carboxylic acids is 3. The summed E-state index contributed by atoms with van der Waals surface area (Å²) in [5, 5.41) is 11.0. The van der Waals surface area contributed by atoms with Crippen molar-refractivity contribution in [3.8, 4) is 0 Å². The number of aryl methyl sites for hydroxylation is 1. The molecule has 0 spiro atoms. The van der Waals surface area contributed by atoms with Gasteiger partial charge in [-0.05, 0) is 60.2 Å². The van der Waals surface area contributed by atoms with E-state index in [-0.39, 0.29) is 16.2 Å². The zero-order valence-corrected chi connectivity index (χ0v) is 16.0. The maximum absolute atomic E-state index is 13.3. The first-order chi connectivity index (χ1) is 13.7. The summed E-state index contributed by atoms with van der Waals surface area (Å²) in [7, 11) is 0. The number of hydrogen-bond acceptors (Lipinski definition) is 5. The normalized spacial score (nSPS) is 15.1. The van der Waals surface area contributed by atoms with Gasteiger partial charge in [-0.2, -0.15) is 0 Å². The van der Waals surface area contributed by atoms with Crippen LogP contribution < -0.4 is 5.32 Å². The van der Waals surface area contributed by atoms with Crippen LogP contribution in [0.4, 0.5) is 14.9 Å². The van der Waals surface area contributed by atoms with Gasteiger partial charge in [-0.25, -0.2) is 9.18 Å². The molecule has 1 aliphatic heterocycles. The van der Waals surface area contributed by atoms with Crippen molar-refractivity contribution < 1.29 is 28.7 Å². The van der Waals surface area contributed by atoms with Crippen LogP contribution in [0.1, 0.15) is 21.5 Å². The minimum Gasteiger partial charge on any atom is -0.478 e. The predicted molar refractivity (Wildman–Crippen MR) is 106 cm³/mol. The van der Waals surface area contributed by atoms with E-state index in [0.29, 0.717) is 17.3 Å². The second-order valence-electron chi connectivity index (χ2n) is 6.23. The van der Waals surface area contributed by atoms with Crippen molar-refractivity contribution in [1.82, 2.24) is 4.90 Å². The molecule has 1 saturated heterocycles. The van der Waals surface area contributed by atoms with Gasteiger partial charge in [0.1, 0.15) is 12.4 Å². The van der Waals surface area contributed by atoms with Crippen molar-refractivity contribution in [3.05, 3.63) is 69.9 Å². The highest BCUT2D eigenvalue weighted by Crippen LogP contribution is 2.32. The fourth-order valence-corrected chi connectivity index (χ4v) is 3.50. The highest BCUT2D eigenvalue weighted by atomic mass is 32.2. The third kappa shape index (κ3) is 4.69. The Labute approximate surface area is 169 Å². The largest absolute Gasteiger partial charge is 0.478 e. The lowest BCUT2D eigenvalue weighted by Gasteiger charge is -2.14. The van der Waals surface area contributed by atoms with Crippen LogP contribution in [0, 0.1) is 12.7 Å². The highest BCUT2D eigenvalue weighted by molar-refractivity contribution is 8.18. The summed E-state index contributed by atoms with van der Waals surface area (Å²) in [4.78, 5) is 49.1. The van der Waals surface area contributed by atoms with Gasteiger partial charge in [0.05, 0.1) is 16.2 Å². The van der Waals surface area contributed by atoms with Crippen molar-refractivity contribution >= 4 is 46.5 Å². The van der Waals surface area contributed by atoms with E-state index in [9.17, 15) is 28.7 Å². The van der Waals surface area contributed by atoms with Gasteiger partial charge in [0.15, 0.2) is 0 Å². The van der Waals surface area contributed by atoms with Gasteiger partial charge in [0.2, 0.25) is 5.91 Å². The number of anilines is 1. The van der Waals surface area contributed by atoms with E-state index >= 15 is 0 Å². The molecule has 0 atom stereocenters. The molecule has 0 unspecified atom stereocenters. The quantitative estimate of drug-likeness (QED) is 0.726. The Morgan fingerprint density at radius 3 is 2.66 bits per heavy atom. The number of nitrogens with one attached hydrogen (secondary N) is 1. The summed E-state index contributed by atoms with van der Waals surface area (Å²) in [5.74, 6) is -3.09. The standard InChI is InChI=1S/C20H15FN2O5S/c1-11-5-6-14(19(26)27)15(7-11)22-17(24)10-23-18(25)16(29-20(23)28)9-12-3-2-4-13(21)8-12/h2-9H,10H2,1H3,(H,22,24)(H,26,27)/b16-9-. The molecule has 3 amide bonds. The fraction of sp³-hybridized carbons (Fsp3) is 0.100. The van der Waals surface area contributed by atoms with Gasteiger partial charge in [0.25, 0.3) is 11.1 Å². The number of aromatic carboxylic acids is 1. The number of nitrogens with zero attached hydrogens (tertiary/aromatic N) is 1. The van der Waals surface area contributed by atoms with E-state index in [4.69, 9.17) is 0 Å². The van der Waals surface area contributed by atoms with Crippen LogP contribution in [0.25, 0.3) is 6.08 Å². The highest BCUT2D eigenvalue weighted by Gasteiger charge is 2.36. The minimum atomic E-state index is -1.22. The number of halogens is 1. The Bertz CT molecular complexity index is 1070. The molecule has 0 bridgehead atoms. The Hall–Kier alpha value is -3.46. The summed E-state index contributed by atoms with van der Waals surface area (Å²) in [6, 6.07) is 9.95. The molecule has 0 aliphatic carbocycles. The van der Waals surface area contributed by atoms with Crippen molar-refractivity contribution in [2.75, 3.05) is 11.9 Å². The summed E-state index contributed by atoms with van der Waals surface area (Å²) >= 11 is 0.643. The van der Waals surface area contributed by atoms with Crippen molar-refractivity contribution in [2.45, 2.75) is 6.92 Å². The number of rotatable bonds is 5. The first-order valence-electron chi connectivity index (χ1n) is 8.39. The maximum atomic E-state index is 13.3. The van der Waals surface area contributed by atoms with Crippen LogP contribution in [0.5, 0.6) is 0 Å². The molecule has 0 radical (unpaired) electrons. The molecular formula is C20H15FN2O5S. The number of amides is 3. The lowest BCUT2D eigenvalue weighted by molar-refractivity contribution is -0.127. The second-order valence-corrected chi connectivity index (χ2v) is 7.22. The molecule has 7 nitrogen and oxygen atoms in total. The third-order valence-electron chi connectivity index (χ3n) is 4.00. The molecule has 2 aromatic carbocycles. The Morgan fingerprint density at radius 1 is 1.21 bits per heavy atom. The zero-order chi connectivity index (χ0) is 21.1. The fourth-order valence-electron chi connectivity index (χ4n) is 2.67. The number of hydrogen-bond donors (Lipinski definition) is 2. The number of imide groups is 1. The molecule has 29 heavy (non-hydrogen) atoms. The van der Waals surface area contributed by atoms with E-state index < -0.39 is 35.4 Å². The number of carbonyl (C=O) groups is 4. The molecule has 0 aromatic heterocycles. The van der Waals surface area contributed by atoms with Crippen molar-refractivity contribution in [1.29, 1.82) is 0 Å². The van der Waals surface area contributed by atoms with Gasteiger partial charge >= 0.3 is 5.97 Å². The van der Waals surface area contributed by atoms with Crippen LogP contribution in [-0.2, 0) is 9.59 Å². The maximum Gasteiger partial charge on any atom is 0.337 e. The summed E-state index contributed by atoms with van der Waals surface area (Å²) in [6.07, 6.45) is 1.37. The van der Waals surface area contributed by atoms with Crippen LogP contribution in [0.2, 0.25) is 0 Å². The van der Waals surface area contributed by atoms with Crippen LogP contribution >= 0.6 is 11.8 Å². The molecular weight excluding hydrogens is 399 g/mol. The molecule has 3 rings (SSSR count). The van der Waals surface area contributed by atoms with Gasteiger partial charge in [0, 0.05) is 0 Å². The molecule has 0 saturated carbocycles. The van der Waals surface area contributed by atoms with E-state index in [0.717, 1.165) is 10.5 Å². The van der Waals surface area contributed by atoms with Crippen molar-refractivity contribution in [2.24, 2.45) is 0 Å². The lowest BCUT2D eigenvalue weighted by atomic mass is 10.1. The minimum absolute atomic E-state index is 0.0650. The molecule has 1 heterocycles. The van der Waals surface area contributed by atoms with E-state index in [2.05, 4.69) is 5.32 Å². The molecule has 148 valence electrons. The van der Waals surface area contributed by atoms with Crippen LogP contribution in [-0.4, -0.2) is 39.6 Å². The predicted octanol–water partition coefficient (Wildman–Crippen LogP) is 3.51. The zero-order valence-electron chi connectivity index (χ0n) is 15.1. The second kappa shape index (κ2) is 8.27. The Balaban J connectivity index is 1.74. The first kappa shape index (κ1) is 20.3. The molecule has 1 aliphatic rings. The SMILES string of the molecule is Cc1ccc(C(=O)O)c(NC(=O)CN2C(=O)S/C(=C\c3cccc(F)c3)C2=O)c1. The van der Waals surface area contributed by atoms with Gasteiger partial charge in [-0.15, -0.1) is 0 Å². The van der Waals surface area contributed by atoms with Crippen LogP contribution in [0.3, 0.4) is 0 Å². The number of carboxylic acid groups (broad SMARTS) is 1. The lowest BCUT2D eigenvalue weighted by Crippen LogP contribution is -2.36. The number of benzene rings is 2. The Kier molecular flexibility index (Phi) is 5.79. The molecule has 9 heteroatoms. The first-order valence-corrected chi connectivity index (χ1v) is 9.21. The monoisotopic (exact) mass is 414 g/mol. The molecule has 1 fully saturated rings. The summed E-state index contributed by atoms with van der Waals surface area (Å²) < 4.78 is 13.3. The molecule has 2 aromatic rings. The third-order valence-corrected chi connectivity index (χ3v) is 4.91. The van der Waals surface area contributed by atoms with Gasteiger partial charge in [-0.1, -0.05) is 18.2 Å². The topological polar surface area (TPSA) is 104 Å². The van der Waals surface area contributed by atoms with Crippen LogP contribution in [0.15, 0.2) is 47.4 Å². The average Bonchev–Trinajstić information content (AvgIpc) is 2.89. The smallest absolute Gasteiger partial charge is 0.337 e. The average molecular weight is 414 g/mol. The summed E-state index contributed by atoms with van der Waals surface area (Å²) in [5.41, 5.74) is 1.11.